The minimum atomic E-state index is -0.0780. The van der Waals surface area contributed by atoms with Gasteiger partial charge in [0.15, 0.2) is 0 Å². The van der Waals surface area contributed by atoms with Crippen LogP contribution in [0.25, 0.3) is 0 Å². The van der Waals surface area contributed by atoms with E-state index in [4.69, 9.17) is 0 Å². The standard InChI is InChI=1S/C22H27N3O2/c1-24(2)16-20-7-4-3-6-19(20)14-23-22(27)18-11-9-17(10-12-18)15-25-13-5-8-21(25)26/h3-4,6-7,9-12H,5,8,13-16H2,1-2H3,(H,23,27)/p+1. The van der Waals surface area contributed by atoms with Gasteiger partial charge in [0, 0.05) is 37.2 Å². The van der Waals surface area contributed by atoms with E-state index < -0.39 is 0 Å². The number of rotatable bonds is 7. The van der Waals surface area contributed by atoms with Crippen molar-refractivity contribution in [3.05, 3.63) is 70.8 Å². The molecule has 5 nitrogen and oxygen atoms in total. The van der Waals surface area contributed by atoms with Gasteiger partial charge in [-0.1, -0.05) is 36.4 Å². The molecule has 1 heterocycles. The predicted molar refractivity (Wildman–Crippen MR) is 105 cm³/mol. The second kappa shape index (κ2) is 8.82. The summed E-state index contributed by atoms with van der Waals surface area (Å²) in [5.41, 5.74) is 4.10. The van der Waals surface area contributed by atoms with Crippen LogP contribution in [0, 0.1) is 0 Å². The smallest absolute Gasteiger partial charge is 0.251 e. The Labute approximate surface area is 161 Å². The lowest BCUT2D eigenvalue weighted by Crippen LogP contribution is -3.04. The minimum absolute atomic E-state index is 0.0780. The molecule has 0 unspecified atom stereocenters. The Morgan fingerprint density at radius 3 is 2.41 bits per heavy atom. The number of nitrogens with one attached hydrogen (secondary N) is 2. The average molecular weight is 366 g/mol. The van der Waals surface area contributed by atoms with Crippen molar-refractivity contribution in [1.29, 1.82) is 0 Å². The van der Waals surface area contributed by atoms with Crippen LogP contribution in [0.3, 0.4) is 0 Å². The highest BCUT2D eigenvalue weighted by molar-refractivity contribution is 5.94. The number of amides is 2. The van der Waals surface area contributed by atoms with Gasteiger partial charge in [0.25, 0.3) is 5.91 Å². The molecular weight excluding hydrogens is 338 g/mol. The summed E-state index contributed by atoms with van der Waals surface area (Å²) in [6.07, 6.45) is 1.59. The van der Waals surface area contributed by atoms with Crippen LogP contribution >= 0.6 is 0 Å². The first-order valence-electron chi connectivity index (χ1n) is 9.53. The Morgan fingerprint density at radius 2 is 1.78 bits per heavy atom. The molecule has 2 aromatic rings. The lowest BCUT2D eigenvalue weighted by molar-refractivity contribution is -0.872. The summed E-state index contributed by atoms with van der Waals surface area (Å²) in [7, 11) is 4.24. The molecule has 0 aliphatic carbocycles. The number of likely N-dealkylation sites (tertiary alicyclic amines) is 1. The van der Waals surface area contributed by atoms with E-state index in [1.54, 1.807) is 0 Å². The van der Waals surface area contributed by atoms with Gasteiger partial charge in [-0.3, -0.25) is 9.59 Å². The summed E-state index contributed by atoms with van der Waals surface area (Å²) in [6.45, 7) is 2.90. The predicted octanol–water partition coefficient (Wildman–Crippen LogP) is 1.38. The fourth-order valence-corrected chi connectivity index (χ4v) is 3.41. The fourth-order valence-electron chi connectivity index (χ4n) is 3.41. The molecule has 0 spiro atoms. The Bertz CT molecular complexity index is 799. The number of carbonyl (C=O) groups excluding carboxylic acids is 2. The number of hydrogen-bond acceptors (Lipinski definition) is 2. The second-order valence-electron chi connectivity index (χ2n) is 7.45. The van der Waals surface area contributed by atoms with E-state index in [0.717, 1.165) is 30.6 Å². The zero-order chi connectivity index (χ0) is 19.2. The van der Waals surface area contributed by atoms with Gasteiger partial charge in [-0.15, -0.1) is 0 Å². The molecule has 3 rings (SSSR count). The van der Waals surface area contributed by atoms with Crippen LogP contribution in [0.2, 0.25) is 0 Å². The highest BCUT2D eigenvalue weighted by atomic mass is 16.2. The second-order valence-corrected chi connectivity index (χ2v) is 7.45. The van der Waals surface area contributed by atoms with Gasteiger partial charge in [-0.05, 0) is 29.7 Å². The van der Waals surface area contributed by atoms with Crippen molar-refractivity contribution in [2.45, 2.75) is 32.5 Å². The van der Waals surface area contributed by atoms with E-state index >= 15 is 0 Å². The van der Waals surface area contributed by atoms with Crippen molar-refractivity contribution in [1.82, 2.24) is 10.2 Å². The molecule has 5 heteroatoms. The Hall–Kier alpha value is -2.66. The lowest BCUT2D eigenvalue weighted by Gasteiger charge is -2.15. The van der Waals surface area contributed by atoms with Crippen LogP contribution in [0.1, 0.15) is 39.9 Å². The van der Waals surface area contributed by atoms with Crippen LogP contribution < -0.4 is 10.2 Å². The molecule has 1 aliphatic rings. The largest absolute Gasteiger partial charge is 0.348 e. The van der Waals surface area contributed by atoms with Gasteiger partial charge in [0.05, 0.1) is 14.1 Å². The molecular formula is C22H28N3O2+. The van der Waals surface area contributed by atoms with Gasteiger partial charge in [0.2, 0.25) is 5.91 Å². The van der Waals surface area contributed by atoms with Crippen molar-refractivity contribution in [3.8, 4) is 0 Å². The van der Waals surface area contributed by atoms with Crippen molar-refractivity contribution in [2.75, 3.05) is 20.6 Å². The quantitative estimate of drug-likeness (QED) is 0.778. The Balaban J connectivity index is 1.58. The normalized spacial score (nSPS) is 14.0. The minimum Gasteiger partial charge on any atom is -0.348 e. The summed E-state index contributed by atoms with van der Waals surface area (Å²) in [5, 5.41) is 3.02. The van der Waals surface area contributed by atoms with Crippen LogP contribution in [-0.4, -0.2) is 37.4 Å². The molecule has 0 radical (unpaired) electrons. The third-order valence-electron chi connectivity index (χ3n) is 4.86. The van der Waals surface area contributed by atoms with Crippen LogP contribution in [0.4, 0.5) is 0 Å². The molecule has 0 aromatic heterocycles. The van der Waals surface area contributed by atoms with E-state index in [-0.39, 0.29) is 11.8 Å². The molecule has 1 fully saturated rings. The molecule has 1 aliphatic heterocycles. The molecule has 0 bridgehead atoms. The van der Waals surface area contributed by atoms with E-state index in [9.17, 15) is 9.59 Å². The van der Waals surface area contributed by atoms with Gasteiger partial charge in [0.1, 0.15) is 6.54 Å². The van der Waals surface area contributed by atoms with E-state index in [2.05, 4.69) is 31.5 Å². The third kappa shape index (κ3) is 5.17. The first kappa shape index (κ1) is 19.1. The van der Waals surface area contributed by atoms with E-state index in [0.29, 0.717) is 25.1 Å². The van der Waals surface area contributed by atoms with Crippen molar-refractivity contribution >= 4 is 11.8 Å². The maximum Gasteiger partial charge on any atom is 0.251 e. The number of hydrogen-bond donors (Lipinski definition) is 2. The highest BCUT2D eigenvalue weighted by Gasteiger charge is 2.20. The monoisotopic (exact) mass is 366 g/mol. The van der Waals surface area contributed by atoms with Crippen molar-refractivity contribution < 1.29 is 14.5 Å². The molecule has 0 saturated carbocycles. The first-order valence-corrected chi connectivity index (χ1v) is 9.53. The molecule has 27 heavy (non-hydrogen) atoms. The van der Waals surface area contributed by atoms with Gasteiger partial charge in [-0.2, -0.15) is 0 Å². The number of quaternary nitrogens is 1. The van der Waals surface area contributed by atoms with Gasteiger partial charge >= 0.3 is 0 Å². The van der Waals surface area contributed by atoms with Crippen molar-refractivity contribution in [3.63, 3.8) is 0 Å². The fraction of sp³-hybridized carbons (Fsp3) is 0.364. The topological polar surface area (TPSA) is 53.9 Å². The van der Waals surface area contributed by atoms with Crippen LogP contribution in [0.5, 0.6) is 0 Å². The zero-order valence-electron chi connectivity index (χ0n) is 16.1. The number of carbonyl (C=O) groups is 2. The Morgan fingerprint density at radius 1 is 1.07 bits per heavy atom. The average Bonchev–Trinajstić information content (AvgIpc) is 3.05. The third-order valence-corrected chi connectivity index (χ3v) is 4.86. The van der Waals surface area contributed by atoms with Gasteiger partial charge in [-0.25, -0.2) is 0 Å². The van der Waals surface area contributed by atoms with Crippen LogP contribution in [0.15, 0.2) is 48.5 Å². The van der Waals surface area contributed by atoms with Gasteiger partial charge < -0.3 is 15.1 Å². The molecule has 2 amide bonds. The number of nitrogens with zero attached hydrogens (tertiary/aromatic N) is 1. The van der Waals surface area contributed by atoms with Crippen LogP contribution in [-0.2, 0) is 24.4 Å². The molecule has 2 aromatic carbocycles. The molecule has 2 N–H and O–H groups in total. The first-order chi connectivity index (χ1) is 13.0. The molecule has 0 atom stereocenters. The summed E-state index contributed by atoms with van der Waals surface area (Å²) in [5.74, 6) is 0.140. The Kier molecular flexibility index (Phi) is 6.24. The van der Waals surface area contributed by atoms with Crippen molar-refractivity contribution in [2.24, 2.45) is 0 Å². The lowest BCUT2D eigenvalue weighted by atomic mass is 10.1. The summed E-state index contributed by atoms with van der Waals surface area (Å²) < 4.78 is 0. The number of benzene rings is 2. The zero-order valence-corrected chi connectivity index (χ0v) is 16.1. The summed E-state index contributed by atoms with van der Waals surface area (Å²) in [4.78, 5) is 27.4. The highest BCUT2D eigenvalue weighted by Crippen LogP contribution is 2.15. The molecule has 142 valence electrons. The maximum atomic E-state index is 12.5. The van der Waals surface area contributed by atoms with E-state index in [1.807, 2.05) is 41.3 Å². The molecule has 1 saturated heterocycles. The summed E-state index contributed by atoms with van der Waals surface area (Å²) >= 11 is 0. The summed E-state index contributed by atoms with van der Waals surface area (Å²) in [6, 6.07) is 15.8. The SMILES string of the molecule is C[NH+](C)Cc1ccccc1CNC(=O)c1ccc(CN2CCCC2=O)cc1. The van der Waals surface area contributed by atoms with E-state index in [1.165, 1.54) is 10.5 Å². The maximum absolute atomic E-state index is 12.5.